The molecule has 2 rings (SSSR count). The minimum absolute atomic E-state index is 0.0285. The summed E-state index contributed by atoms with van der Waals surface area (Å²) in [6.07, 6.45) is 9.41. The average Bonchev–Trinajstić information content (AvgIpc) is 3.40. The number of rotatable bonds is 22. The first-order chi connectivity index (χ1) is 20.8. The average molecular weight is 616 g/mol. The molecule has 1 amide bonds. The monoisotopic (exact) mass is 615 g/mol. The predicted octanol–water partition coefficient (Wildman–Crippen LogP) is 5.47. The lowest BCUT2D eigenvalue weighted by Gasteiger charge is -2.30. The first-order valence-electron chi connectivity index (χ1n) is 16.4. The van der Waals surface area contributed by atoms with Crippen molar-refractivity contribution in [3.8, 4) is 0 Å². The number of esters is 1. The SMILES string of the molecule is CCCc1cc(CCC(C)C)nc(NCCCC(=O)NC(C)(C)CCOC(C)(C)CCn2cc(CCOC(=O)CC)nn2)n1. The fourth-order valence-electron chi connectivity index (χ4n) is 4.51. The van der Waals surface area contributed by atoms with Gasteiger partial charge < -0.3 is 20.1 Å². The minimum Gasteiger partial charge on any atom is -0.465 e. The van der Waals surface area contributed by atoms with E-state index in [4.69, 9.17) is 14.5 Å². The number of hydrogen-bond acceptors (Lipinski definition) is 9. The maximum Gasteiger partial charge on any atom is 0.305 e. The van der Waals surface area contributed by atoms with E-state index < -0.39 is 0 Å². The summed E-state index contributed by atoms with van der Waals surface area (Å²) in [7, 11) is 0. The lowest BCUT2D eigenvalue weighted by atomic mass is 10.00. The third kappa shape index (κ3) is 15.6. The molecule has 0 spiro atoms. The van der Waals surface area contributed by atoms with Gasteiger partial charge in [0.2, 0.25) is 11.9 Å². The highest BCUT2D eigenvalue weighted by atomic mass is 16.5. The molecule has 44 heavy (non-hydrogen) atoms. The van der Waals surface area contributed by atoms with Gasteiger partial charge in [-0.15, -0.1) is 5.10 Å². The summed E-state index contributed by atoms with van der Waals surface area (Å²) in [6, 6.07) is 2.13. The van der Waals surface area contributed by atoms with Gasteiger partial charge in [-0.3, -0.25) is 14.3 Å². The summed E-state index contributed by atoms with van der Waals surface area (Å²) in [5.74, 6) is 1.11. The van der Waals surface area contributed by atoms with Crippen LogP contribution in [-0.4, -0.2) is 67.7 Å². The van der Waals surface area contributed by atoms with Gasteiger partial charge in [0.05, 0.1) is 17.9 Å². The Morgan fingerprint density at radius 3 is 2.39 bits per heavy atom. The lowest BCUT2D eigenvalue weighted by molar-refractivity contribution is -0.143. The van der Waals surface area contributed by atoms with Crippen LogP contribution in [0.1, 0.15) is 117 Å². The minimum atomic E-state index is -0.383. The van der Waals surface area contributed by atoms with Gasteiger partial charge in [0.1, 0.15) is 0 Å². The molecule has 0 aliphatic rings. The highest BCUT2D eigenvalue weighted by molar-refractivity contribution is 5.76. The molecule has 2 heterocycles. The molecule has 248 valence electrons. The van der Waals surface area contributed by atoms with Crippen LogP contribution in [0.25, 0.3) is 0 Å². The van der Waals surface area contributed by atoms with Crippen LogP contribution in [0.2, 0.25) is 0 Å². The van der Waals surface area contributed by atoms with Crippen LogP contribution in [0.3, 0.4) is 0 Å². The van der Waals surface area contributed by atoms with E-state index in [0.717, 1.165) is 49.2 Å². The van der Waals surface area contributed by atoms with Gasteiger partial charge in [0, 0.05) is 62.1 Å². The molecule has 2 N–H and O–H groups in total. The topological polar surface area (TPSA) is 133 Å². The van der Waals surface area contributed by atoms with Crippen molar-refractivity contribution >= 4 is 17.8 Å². The lowest BCUT2D eigenvalue weighted by Crippen LogP contribution is -2.44. The highest BCUT2D eigenvalue weighted by Gasteiger charge is 2.24. The zero-order valence-electron chi connectivity index (χ0n) is 28.5. The molecule has 0 radical (unpaired) electrons. The van der Waals surface area contributed by atoms with E-state index >= 15 is 0 Å². The summed E-state index contributed by atoms with van der Waals surface area (Å²) >= 11 is 0. The second-order valence-electron chi connectivity index (χ2n) is 13.2. The third-order valence-electron chi connectivity index (χ3n) is 7.32. The van der Waals surface area contributed by atoms with Crippen molar-refractivity contribution in [2.75, 3.05) is 25.1 Å². The van der Waals surface area contributed by atoms with Crippen molar-refractivity contribution in [3.63, 3.8) is 0 Å². The Hall–Kier alpha value is -3.08. The molecular formula is C33H57N7O4. The van der Waals surface area contributed by atoms with Crippen molar-refractivity contribution in [2.45, 2.75) is 137 Å². The van der Waals surface area contributed by atoms with Crippen LogP contribution < -0.4 is 10.6 Å². The van der Waals surface area contributed by atoms with Crippen LogP contribution in [0.15, 0.2) is 12.3 Å². The van der Waals surface area contributed by atoms with Crippen molar-refractivity contribution in [1.29, 1.82) is 0 Å². The van der Waals surface area contributed by atoms with E-state index in [9.17, 15) is 9.59 Å². The second-order valence-corrected chi connectivity index (χ2v) is 13.2. The number of nitrogens with one attached hydrogen (secondary N) is 2. The van der Waals surface area contributed by atoms with E-state index in [-0.39, 0.29) is 23.0 Å². The maximum absolute atomic E-state index is 12.7. The van der Waals surface area contributed by atoms with Crippen molar-refractivity contribution in [2.24, 2.45) is 5.92 Å². The molecule has 0 saturated carbocycles. The van der Waals surface area contributed by atoms with Gasteiger partial charge >= 0.3 is 5.97 Å². The summed E-state index contributed by atoms with van der Waals surface area (Å²) < 4.78 is 13.1. The number of hydrogen-bond donors (Lipinski definition) is 2. The number of aryl methyl sites for hydroxylation is 3. The number of nitrogens with zero attached hydrogens (tertiary/aromatic N) is 5. The zero-order valence-corrected chi connectivity index (χ0v) is 28.5. The maximum atomic E-state index is 12.7. The van der Waals surface area contributed by atoms with Gasteiger partial charge in [-0.25, -0.2) is 9.97 Å². The smallest absolute Gasteiger partial charge is 0.305 e. The van der Waals surface area contributed by atoms with E-state index in [1.807, 2.05) is 20.0 Å². The van der Waals surface area contributed by atoms with Gasteiger partial charge in [0.15, 0.2) is 0 Å². The van der Waals surface area contributed by atoms with Gasteiger partial charge in [-0.1, -0.05) is 39.3 Å². The Kier molecular flexibility index (Phi) is 15.7. The van der Waals surface area contributed by atoms with Crippen LogP contribution in [0.4, 0.5) is 5.95 Å². The van der Waals surface area contributed by atoms with Crippen LogP contribution in [-0.2, 0) is 44.9 Å². The van der Waals surface area contributed by atoms with Crippen molar-refractivity contribution in [3.05, 3.63) is 29.3 Å². The highest BCUT2D eigenvalue weighted by Crippen LogP contribution is 2.19. The van der Waals surface area contributed by atoms with Crippen LogP contribution in [0.5, 0.6) is 0 Å². The molecule has 0 aliphatic heterocycles. The van der Waals surface area contributed by atoms with Gasteiger partial charge in [-0.05, 0) is 78.2 Å². The van der Waals surface area contributed by atoms with E-state index in [0.29, 0.717) is 70.3 Å². The molecule has 0 saturated heterocycles. The normalized spacial score (nSPS) is 12.0. The molecule has 0 atom stereocenters. The number of amides is 1. The molecule has 0 unspecified atom stereocenters. The standard InChI is InChI=1S/C33H57N7O4/c1-9-12-26-23-27(15-14-25(3)4)36-31(35-26)34-19-11-13-29(41)37-32(5,6)18-22-44-33(7,8)17-20-40-24-28(38-39-40)16-21-43-30(42)10-2/h23-25H,9-22H2,1-8H3,(H,37,41)(H,34,35,36). The van der Waals surface area contributed by atoms with Crippen LogP contribution >= 0.6 is 0 Å². The third-order valence-corrected chi connectivity index (χ3v) is 7.32. The largest absolute Gasteiger partial charge is 0.465 e. The molecule has 0 bridgehead atoms. The molecule has 0 fully saturated rings. The Morgan fingerprint density at radius 1 is 0.977 bits per heavy atom. The molecule has 11 heteroatoms. The molecule has 2 aromatic rings. The number of aromatic nitrogens is 5. The first-order valence-corrected chi connectivity index (χ1v) is 16.4. The molecule has 0 aliphatic carbocycles. The van der Waals surface area contributed by atoms with Gasteiger partial charge in [0.25, 0.3) is 0 Å². The van der Waals surface area contributed by atoms with Crippen LogP contribution in [0, 0.1) is 5.92 Å². The van der Waals surface area contributed by atoms with E-state index in [2.05, 4.69) is 66.6 Å². The predicted molar refractivity (Wildman–Crippen MR) is 173 cm³/mol. The molecule has 0 aromatic carbocycles. The van der Waals surface area contributed by atoms with Crippen molar-refractivity contribution in [1.82, 2.24) is 30.3 Å². The molecule has 11 nitrogen and oxygen atoms in total. The summed E-state index contributed by atoms with van der Waals surface area (Å²) in [5, 5.41) is 14.8. The Labute approximate surface area is 264 Å². The Balaban J connectivity index is 1.68. The number of anilines is 1. The van der Waals surface area contributed by atoms with E-state index in [1.54, 1.807) is 11.6 Å². The molecule has 2 aromatic heterocycles. The first kappa shape index (κ1) is 37.1. The number of carbonyl (C=O) groups is 2. The fraction of sp³-hybridized carbons (Fsp3) is 0.758. The molecular weight excluding hydrogens is 558 g/mol. The van der Waals surface area contributed by atoms with E-state index in [1.165, 1.54) is 0 Å². The quantitative estimate of drug-likeness (QED) is 0.131. The Morgan fingerprint density at radius 2 is 1.70 bits per heavy atom. The summed E-state index contributed by atoms with van der Waals surface area (Å²) in [4.78, 5) is 33.4. The zero-order chi connectivity index (χ0) is 32.6. The van der Waals surface area contributed by atoms with Crippen molar-refractivity contribution < 1.29 is 19.1 Å². The second kappa shape index (κ2) is 18.7. The van der Waals surface area contributed by atoms with Gasteiger partial charge in [-0.2, -0.15) is 0 Å². The fourth-order valence-corrected chi connectivity index (χ4v) is 4.51. The number of ether oxygens (including phenoxy) is 2. The summed E-state index contributed by atoms with van der Waals surface area (Å²) in [6.45, 7) is 18.7. The Bertz CT molecular complexity index is 1150. The summed E-state index contributed by atoms with van der Waals surface area (Å²) in [5.41, 5.74) is 2.21. The number of carbonyl (C=O) groups excluding carboxylic acids is 2.